The first-order chi connectivity index (χ1) is 13.3. The van der Waals surface area contributed by atoms with E-state index in [9.17, 15) is 9.90 Å². The molecule has 10 atom stereocenters. The Balaban J connectivity index is 1.40. The molecule has 1 N–H and O–H groups in total. The molecule has 3 heteroatoms. The topological polar surface area (TPSA) is 49.8 Å². The second kappa shape index (κ2) is 5.44. The zero-order valence-corrected chi connectivity index (χ0v) is 18.0. The number of hydrogen-bond acceptors (Lipinski definition) is 3. The van der Waals surface area contributed by atoms with Crippen molar-refractivity contribution in [2.45, 2.75) is 109 Å². The van der Waals surface area contributed by atoms with Gasteiger partial charge in [-0.15, -0.1) is 0 Å². The third-order valence-electron chi connectivity index (χ3n) is 11.7. The minimum Gasteiger partial charge on any atom is -0.393 e. The van der Waals surface area contributed by atoms with Crippen molar-refractivity contribution in [1.29, 1.82) is 0 Å². The van der Waals surface area contributed by atoms with E-state index in [0.29, 0.717) is 23.7 Å². The van der Waals surface area contributed by atoms with Crippen LogP contribution in [-0.2, 0) is 9.53 Å². The Morgan fingerprint density at radius 1 is 0.964 bits per heavy atom. The van der Waals surface area contributed by atoms with E-state index in [1.807, 2.05) is 6.92 Å². The highest BCUT2D eigenvalue weighted by molar-refractivity contribution is 5.84. The van der Waals surface area contributed by atoms with Crippen LogP contribution in [-0.4, -0.2) is 28.7 Å². The van der Waals surface area contributed by atoms with Crippen LogP contribution in [0.1, 0.15) is 91.4 Å². The minimum absolute atomic E-state index is 0.0246. The molecular weight excluding hydrogens is 348 g/mol. The number of carbonyl (C=O) groups is 1. The highest BCUT2D eigenvalue weighted by atomic mass is 16.6. The maximum atomic E-state index is 13.2. The van der Waals surface area contributed by atoms with Crippen LogP contribution in [0.15, 0.2) is 0 Å². The molecule has 1 saturated heterocycles. The molecule has 0 aromatic heterocycles. The smallest absolute Gasteiger partial charge is 0.136 e. The van der Waals surface area contributed by atoms with Crippen LogP contribution < -0.4 is 0 Å². The fourth-order valence-electron chi connectivity index (χ4n) is 10.5. The maximum Gasteiger partial charge on any atom is 0.136 e. The maximum absolute atomic E-state index is 13.2. The van der Waals surface area contributed by atoms with Crippen molar-refractivity contribution < 1.29 is 14.6 Å². The summed E-state index contributed by atoms with van der Waals surface area (Å²) in [6.07, 6.45) is 13.1. The largest absolute Gasteiger partial charge is 0.393 e. The second-order valence-corrected chi connectivity index (χ2v) is 12.1. The number of aliphatic hydroxyl groups is 1. The van der Waals surface area contributed by atoms with E-state index in [-0.39, 0.29) is 27.9 Å². The van der Waals surface area contributed by atoms with Crippen molar-refractivity contribution in [3.63, 3.8) is 0 Å². The third kappa shape index (κ3) is 1.84. The van der Waals surface area contributed by atoms with Gasteiger partial charge in [-0.3, -0.25) is 4.79 Å². The fraction of sp³-hybridized carbons (Fsp3) is 0.960. The molecule has 0 aromatic rings. The number of hydrogen-bond donors (Lipinski definition) is 1. The Bertz CT molecular complexity index is 719. The van der Waals surface area contributed by atoms with E-state index in [4.69, 9.17) is 4.74 Å². The third-order valence-corrected chi connectivity index (χ3v) is 11.7. The Kier molecular flexibility index (Phi) is 3.57. The van der Waals surface area contributed by atoms with E-state index in [1.165, 1.54) is 44.9 Å². The lowest BCUT2D eigenvalue weighted by molar-refractivity contribution is -0.154. The summed E-state index contributed by atoms with van der Waals surface area (Å²) in [6.45, 7) is 6.93. The molecule has 5 aliphatic carbocycles. The van der Waals surface area contributed by atoms with Gasteiger partial charge in [0, 0.05) is 17.3 Å². The van der Waals surface area contributed by atoms with Crippen LogP contribution in [0, 0.1) is 39.9 Å². The van der Waals surface area contributed by atoms with Gasteiger partial charge in [0.2, 0.25) is 0 Å². The zero-order valence-electron chi connectivity index (χ0n) is 18.0. The van der Waals surface area contributed by atoms with Crippen LogP contribution in [0.4, 0.5) is 0 Å². The number of aliphatic hydroxyl groups excluding tert-OH is 1. The summed E-state index contributed by atoms with van der Waals surface area (Å²) in [5.74, 6) is 3.27. The van der Waals surface area contributed by atoms with E-state index < -0.39 is 0 Å². The predicted octanol–water partition coefficient (Wildman–Crippen LogP) is 4.90. The van der Waals surface area contributed by atoms with Crippen molar-refractivity contribution in [2.24, 2.45) is 39.9 Å². The van der Waals surface area contributed by atoms with Crippen LogP contribution in [0.5, 0.6) is 0 Å². The summed E-state index contributed by atoms with van der Waals surface area (Å²) in [7, 11) is 0. The summed E-state index contributed by atoms with van der Waals surface area (Å²) in [5, 5.41) is 10.4. The molecule has 1 aliphatic heterocycles. The van der Waals surface area contributed by atoms with Crippen molar-refractivity contribution >= 4 is 5.78 Å². The van der Waals surface area contributed by atoms with Gasteiger partial charge in [0.1, 0.15) is 11.4 Å². The molecule has 0 unspecified atom stereocenters. The van der Waals surface area contributed by atoms with Crippen LogP contribution in [0.3, 0.4) is 0 Å². The Morgan fingerprint density at radius 2 is 1.75 bits per heavy atom. The second-order valence-electron chi connectivity index (χ2n) is 12.1. The number of rotatable bonds is 1. The molecule has 0 bridgehead atoms. The lowest BCUT2D eigenvalue weighted by Gasteiger charge is -2.61. The number of fused-ring (bicyclic) bond motifs is 6. The Labute approximate surface area is 170 Å². The van der Waals surface area contributed by atoms with Gasteiger partial charge in [-0.25, -0.2) is 0 Å². The zero-order chi connectivity index (χ0) is 19.5. The Morgan fingerprint density at radius 3 is 2.54 bits per heavy atom. The molecule has 156 valence electrons. The van der Waals surface area contributed by atoms with Gasteiger partial charge >= 0.3 is 0 Å². The number of ketones is 1. The van der Waals surface area contributed by atoms with Crippen LogP contribution in [0.2, 0.25) is 0 Å². The standard InChI is InChI=1S/C25H38O3/c1-15(26)24-9-5-4-6-16(24)12-20-18-13-21-25(28-21)14-17(27)7-10-23(25,3)19(18)8-11-22(20,24)2/h16-21,27H,4-14H2,1-3H3/t16-,17+,18-,19+,20+,21+,22+,23-,24+,25+/m1/s1. The summed E-state index contributed by atoms with van der Waals surface area (Å²) >= 11 is 0. The molecule has 6 aliphatic rings. The number of Topliss-reactive ketones (excluding diaryl/α,β-unsaturated/α-hetero) is 1. The van der Waals surface area contributed by atoms with E-state index in [0.717, 1.165) is 37.5 Å². The molecule has 0 amide bonds. The molecule has 1 heterocycles. The normalized spacial score (nSPS) is 62.0. The minimum atomic E-state index is -0.168. The lowest BCUT2D eigenvalue weighted by Crippen LogP contribution is -2.60. The quantitative estimate of drug-likeness (QED) is 0.652. The molecule has 1 spiro atoms. The van der Waals surface area contributed by atoms with E-state index in [1.54, 1.807) is 0 Å². The van der Waals surface area contributed by atoms with Gasteiger partial charge < -0.3 is 9.84 Å². The highest BCUT2D eigenvalue weighted by Crippen LogP contribution is 2.77. The first-order valence-electron chi connectivity index (χ1n) is 12.2. The number of epoxide rings is 1. The van der Waals surface area contributed by atoms with Gasteiger partial charge in [-0.1, -0.05) is 26.7 Å². The van der Waals surface area contributed by atoms with Gasteiger partial charge in [-0.2, -0.15) is 0 Å². The Hall–Kier alpha value is -0.410. The van der Waals surface area contributed by atoms with E-state index in [2.05, 4.69) is 13.8 Å². The lowest BCUT2D eigenvalue weighted by atomic mass is 9.42. The van der Waals surface area contributed by atoms with Gasteiger partial charge in [-0.05, 0) is 87.4 Å². The molecule has 0 radical (unpaired) electrons. The molecule has 6 fully saturated rings. The van der Waals surface area contributed by atoms with Crippen LogP contribution >= 0.6 is 0 Å². The predicted molar refractivity (Wildman–Crippen MR) is 108 cm³/mol. The molecular formula is C25H38O3. The van der Waals surface area contributed by atoms with Gasteiger partial charge in [0.15, 0.2) is 0 Å². The number of ether oxygens (including phenoxy) is 1. The first kappa shape index (κ1) is 18.4. The molecule has 6 rings (SSSR count). The van der Waals surface area contributed by atoms with Crippen LogP contribution in [0.25, 0.3) is 0 Å². The van der Waals surface area contributed by atoms with Crippen molar-refractivity contribution in [3.8, 4) is 0 Å². The first-order valence-corrected chi connectivity index (χ1v) is 12.2. The summed E-state index contributed by atoms with van der Waals surface area (Å²) in [4.78, 5) is 13.2. The summed E-state index contributed by atoms with van der Waals surface area (Å²) in [5.41, 5.74) is 0.371. The molecule has 3 nitrogen and oxygen atoms in total. The van der Waals surface area contributed by atoms with Gasteiger partial charge in [0.05, 0.1) is 12.2 Å². The van der Waals surface area contributed by atoms with Gasteiger partial charge in [0.25, 0.3) is 0 Å². The SMILES string of the molecule is CC(=O)[C@@]12CCCC[C@@H]1C[C@H]1[C@@H]3C[C@@H]4O[C@@]45C[C@@H](O)CC[C@]5(C)[C@H]3CC[C@@]12C. The molecule has 5 saturated carbocycles. The van der Waals surface area contributed by atoms with Crippen molar-refractivity contribution in [2.75, 3.05) is 0 Å². The van der Waals surface area contributed by atoms with Crippen molar-refractivity contribution in [1.82, 2.24) is 0 Å². The average molecular weight is 387 g/mol. The fourth-order valence-corrected chi connectivity index (χ4v) is 10.5. The highest BCUT2D eigenvalue weighted by Gasteiger charge is 2.77. The monoisotopic (exact) mass is 386 g/mol. The molecule has 28 heavy (non-hydrogen) atoms. The summed E-state index contributed by atoms with van der Waals surface area (Å²) < 4.78 is 6.48. The number of carbonyl (C=O) groups excluding carboxylic acids is 1. The van der Waals surface area contributed by atoms with Crippen molar-refractivity contribution in [3.05, 3.63) is 0 Å². The average Bonchev–Trinajstić information content (AvgIpc) is 3.27. The van der Waals surface area contributed by atoms with E-state index >= 15 is 0 Å². The summed E-state index contributed by atoms with van der Waals surface area (Å²) in [6, 6.07) is 0. The molecule has 0 aromatic carbocycles.